The van der Waals surface area contributed by atoms with Crippen LogP contribution in [-0.4, -0.2) is 57.5 Å². The topological polar surface area (TPSA) is 47.7 Å². The Bertz CT molecular complexity index is 191. The van der Waals surface area contributed by atoms with Crippen LogP contribution in [0.3, 0.4) is 0 Å². The smallest absolute Gasteiger partial charge is 0.0589 e. The highest BCUT2D eigenvalue weighted by Gasteiger charge is 2.35. The van der Waals surface area contributed by atoms with E-state index in [9.17, 15) is 0 Å². The van der Waals surface area contributed by atoms with E-state index in [-0.39, 0.29) is 5.41 Å². The molecule has 0 bridgehead atoms. The van der Waals surface area contributed by atoms with Gasteiger partial charge in [0.2, 0.25) is 0 Å². The van der Waals surface area contributed by atoms with Gasteiger partial charge in [0.15, 0.2) is 0 Å². The lowest BCUT2D eigenvalue weighted by molar-refractivity contribution is 0.0749. The zero-order valence-electron chi connectivity index (χ0n) is 10.9. The number of ether oxygens (including phenoxy) is 2. The van der Waals surface area contributed by atoms with E-state index in [0.29, 0.717) is 12.6 Å². The second-order valence-corrected chi connectivity index (χ2v) is 5.06. The predicted molar refractivity (Wildman–Crippen MR) is 65.5 cm³/mol. The molecule has 0 aromatic carbocycles. The lowest BCUT2D eigenvalue weighted by Gasteiger charge is -2.35. The van der Waals surface area contributed by atoms with E-state index in [0.717, 1.165) is 39.3 Å². The number of hydrogen-bond donors (Lipinski definition) is 1. The maximum Gasteiger partial charge on any atom is 0.0589 e. The fraction of sp³-hybridized carbons (Fsp3) is 1.00. The SMILES string of the molecule is COCCN(CC1(CN)CCOC1)C(C)C. The number of nitrogens with zero attached hydrogens (tertiary/aromatic N) is 1. The van der Waals surface area contributed by atoms with Gasteiger partial charge in [-0.15, -0.1) is 0 Å². The lowest BCUT2D eigenvalue weighted by atomic mass is 9.86. The molecule has 4 heteroatoms. The Morgan fingerprint density at radius 3 is 2.69 bits per heavy atom. The summed E-state index contributed by atoms with van der Waals surface area (Å²) in [6, 6.07) is 0.527. The van der Waals surface area contributed by atoms with Crippen LogP contribution in [0.4, 0.5) is 0 Å². The average molecular weight is 230 g/mol. The summed E-state index contributed by atoms with van der Waals surface area (Å²) in [5, 5.41) is 0. The summed E-state index contributed by atoms with van der Waals surface area (Å²) in [6.45, 7) is 9.57. The van der Waals surface area contributed by atoms with Crippen LogP contribution >= 0.6 is 0 Å². The molecule has 0 aromatic heterocycles. The molecule has 0 radical (unpaired) electrons. The van der Waals surface area contributed by atoms with Crippen LogP contribution in [0.25, 0.3) is 0 Å². The highest BCUT2D eigenvalue weighted by Crippen LogP contribution is 2.29. The Morgan fingerprint density at radius 1 is 1.50 bits per heavy atom. The van der Waals surface area contributed by atoms with Gasteiger partial charge >= 0.3 is 0 Å². The van der Waals surface area contributed by atoms with Crippen molar-refractivity contribution in [2.45, 2.75) is 26.3 Å². The summed E-state index contributed by atoms with van der Waals surface area (Å²) in [7, 11) is 1.75. The van der Waals surface area contributed by atoms with Gasteiger partial charge in [-0.05, 0) is 20.3 Å². The first kappa shape index (κ1) is 13.9. The van der Waals surface area contributed by atoms with Crippen molar-refractivity contribution in [3.8, 4) is 0 Å². The summed E-state index contributed by atoms with van der Waals surface area (Å²) in [4.78, 5) is 2.44. The fourth-order valence-electron chi connectivity index (χ4n) is 2.16. The Labute approximate surface area is 99.1 Å². The van der Waals surface area contributed by atoms with E-state index in [1.165, 1.54) is 0 Å². The Kier molecular flexibility index (Phi) is 5.69. The normalized spacial score (nSPS) is 25.9. The summed E-state index contributed by atoms with van der Waals surface area (Å²) in [5.74, 6) is 0. The number of methoxy groups -OCH3 is 1. The average Bonchev–Trinajstić information content (AvgIpc) is 2.73. The van der Waals surface area contributed by atoms with E-state index in [1.54, 1.807) is 7.11 Å². The highest BCUT2D eigenvalue weighted by molar-refractivity contribution is 4.88. The van der Waals surface area contributed by atoms with Gasteiger partial charge in [0.25, 0.3) is 0 Å². The second-order valence-electron chi connectivity index (χ2n) is 5.06. The van der Waals surface area contributed by atoms with Crippen LogP contribution in [0, 0.1) is 5.41 Å². The van der Waals surface area contributed by atoms with Gasteiger partial charge in [0.05, 0.1) is 13.2 Å². The largest absolute Gasteiger partial charge is 0.383 e. The lowest BCUT2D eigenvalue weighted by Crippen LogP contribution is -2.46. The van der Waals surface area contributed by atoms with Gasteiger partial charge in [0, 0.05) is 44.8 Å². The Balaban J connectivity index is 2.51. The summed E-state index contributed by atoms with van der Waals surface area (Å²) in [5.41, 5.74) is 6.07. The van der Waals surface area contributed by atoms with Crippen molar-refractivity contribution in [3.63, 3.8) is 0 Å². The zero-order valence-corrected chi connectivity index (χ0v) is 10.9. The van der Waals surface area contributed by atoms with Crippen LogP contribution < -0.4 is 5.73 Å². The van der Waals surface area contributed by atoms with E-state index in [2.05, 4.69) is 18.7 Å². The second kappa shape index (κ2) is 6.55. The first-order chi connectivity index (χ1) is 7.63. The summed E-state index contributed by atoms with van der Waals surface area (Å²) >= 11 is 0. The van der Waals surface area contributed by atoms with E-state index in [4.69, 9.17) is 15.2 Å². The van der Waals surface area contributed by atoms with Crippen LogP contribution in [0.2, 0.25) is 0 Å². The molecule has 1 unspecified atom stereocenters. The number of nitrogens with two attached hydrogens (primary N) is 1. The Hall–Kier alpha value is -0.160. The molecule has 4 nitrogen and oxygen atoms in total. The van der Waals surface area contributed by atoms with E-state index in [1.807, 2.05) is 0 Å². The third-order valence-electron chi connectivity index (χ3n) is 3.47. The van der Waals surface area contributed by atoms with Crippen molar-refractivity contribution < 1.29 is 9.47 Å². The van der Waals surface area contributed by atoms with Crippen molar-refractivity contribution in [2.24, 2.45) is 11.1 Å². The third kappa shape index (κ3) is 3.70. The summed E-state index contributed by atoms with van der Waals surface area (Å²) < 4.78 is 10.6. The van der Waals surface area contributed by atoms with Crippen LogP contribution in [0.5, 0.6) is 0 Å². The molecule has 0 aromatic rings. The Morgan fingerprint density at radius 2 is 2.25 bits per heavy atom. The molecule has 1 heterocycles. The van der Waals surface area contributed by atoms with Gasteiger partial charge in [-0.3, -0.25) is 4.90 Å². The highest BCUT2D eigenvalue weighted by atomic mass is 16.5. The molecule has 96 valence electrons. The van der Waals surface area contributed by atoms with Gasteiger partial charge < -0.3 is 15.2 Å². The molecule has 0 amide bonds. The van der Waals surface area contributed by atoms with Crippen molar-refractivity contribution in [2.75, 3.05) is 46.6 Å². The summed E-state index contributed by atoms with van der Waals surface area (Å²) in [6.07, 6.45) is 1.08. The number of hydrogen-bond acceptors (Lipinski definition) is 4. The molecular weight excluding hydrogens is 204 g/mol. The standard InChI is InChI=1S/C12H26N2O2/c1-11(2)14(5-7-15-3)9-12(8-13)4-6-16-10-12/h11H,4-10,13H2,1-3H3. The van der Waals surface area contributed by atoms with E-state index < -0.39 is 0 Å². The van der Waals surface area contributed by atoms with Gasteiger partial charge in [0.1, 0.15) is 0 Å². The minimum absolute atomic E-state index is 0.165. The maximum absolute atomic E-state index is 5.91. The zero-order chi connectivity index (χ0) is 12.0. The molecule has 16 heavy (non-hydrogen) atoms. The molecular formula is C12H26N2O2. The molecule has 1 saturated heterocycles. The van der Waals surface area contributed by atoms with Gasteiger partial charge in [-0.2, -0.15) is 0 Å². The number of rotatable bonds is 7. The molecule has 1 aliphatic rings. The predicted octanol–water partition coefficient (Wildman–Crippen LogP) is 0.709. The van der Waals surface area contributed by atoms with Crippen LogP contribution in [0.1, 0.15) is 20.3 Å². The van der Waals surface area contributed by atoms with Crippen molar-refractivity contribution in [1.82, 2.24) is 4.90 Å². The fourth-order valence-corrected chi connectivity index (χ4v) is 2.16. The van der Waals surface area contributed by atoms with E-state index >= 15 is 0 Å². The molecule has 1 fully saturated rings. The van der Waals surface area contributed by atoms with Crippen LogP contribution in [0.15, 0.2) is 0 Å². The molecule has 2 N–H and O–H groups in total. The molecule has 0 aliphatic carbocycles. The minimum atomic E-state index is 0.165. The van der Waals surface area contributed by atoms with Gasteiger partial charge in [-0.25, -0.2) is 0 Å². The van der Waals surface area contributed by atoms with Crippen molar-refractivity contribution in [1.29, 1.82) is 0 Å². The third-order valence-corrected chi connectivity index (χ3v) is 3.47. The van der Waals surface area contributed by atoms with Crippen molar-refractivity contribution in [3.05, 3.63) is 0 Å². The first-order valence-corrected chi connectivity index (χ1v) is 6.14. The molecule has 1 atom stereocenters. The maximum atomic E-state index is 5.91. The quantitative estimate of drug-likeness (QED) is 0.700. The van der Waals surface area contributed by atoms with Gasteiger partial charge in [-0.1, -0.05) is 0 Å². The molecule has 0 spiro atoms. The van der Waals surface area contributed by atoms with Crippen LogP contribution in [-0.2, 0) is 9.47 Å². The first-order valence-electron chi connectivity index (χ1n) is 6.14. The monoisotopic (exact) mass is 230 g/mol. The minimum Gasteiger partial charge on any atom is -0.383 e. The molecule has 1 aliphatic heterocycles. The van der Waals surface area contributed by atoms with Crippen molar-refractivity contribution >= 4 is 0 Å². The molecule has 0 saturated carbocycles. The molecule has 1 rings (SSSR count).